The summed E-state index contributed by atoms with van der Waals surface area (Å²) < 4.78 is 10.3. The maximum Gasteiger partial charge on any atom is 0.342 e. The Hall–Kier alpha value is -2.82. The van der Waals surface area contributed by atoms with Crippen molar-refractivity contribution in [1.82, 2.24) is 4.90 Å². The van der Waals surface area contributed by atoms with Gasteiger partial charge in [0.25, 0.3) is 5.91 Å². The molecule has 0 aliphatic heterocycles. The summed E-state index contributed by atoms with van der Waals surface area (Å²) >= 11 is 0. The monoisotopic (exact) mass is 341 g/mol. The number of esters is 1. The molecule has 0 radical (unpaired) electrons. The van der Waals surface area contributed by atoms with Crippen LogP contribution in [0.1, 0.15) is 27.0 Å². The molecule has 2 rings (SSSR count). The third kappa shape index (κ3) is 4.83. The minimum Gasteiger partial charge on any atom is -0.496 e. The third-order valence-electron chi connectivity index (χ3n) is 3.98. The predicted molar refractivity (Wildman–Crippen MR) is 95.7 cm³/mol. The van der Waals surface area contributed by atoms with Crippen molar-refractivity contribution in [1.29, 1.82) is 0 Å². The zero-order valence-electron chi connectivity index (χ0n) is 15.0. The molecule has 5 nitrogen and oxygen atoms in total. The van der Waals surface area contributed by atoms with Crippen LogP contribution < -0.4 is 4.74 Å². The van der Waals surface area contributed by atoms with Crippen LogP contribution in [-0.4, -0.2) is 37.5 Å². The van der Waals surface area contributed by atoms with Crippen LogP contribution in [0, 0.1) is 13.8 Å². The topological polar surface area (TPSA) is 55.8 Å². The van der Waals surface area contributed by atoms with E-state index in [0.717, 1.165) is 11.1 Å². The van der Waals surface area contributed by atoms with Gasteiger partial charge in [-0.1, -0.05) is 35.9 Å². The maximum atomic E-state index is 12.2. The smallest absolute Gasteiger partial charge is 0.342 e. The molecule has 2 aromatic rings. The zero-order chi connectivity index (χ0) is 18.4. The third-order valence-corrected chi connectivity index (χ3v) is 3.98. The second kappa shape index (κ2) is 8.33. The first-order chi connectivity index (χ1) is 11.9. The predicted octanol–water partition coefficient (Wildman–Crippen LogP) is 3.13. The highest BCUT2D eigenvalue weighted by Gasteiger charge is 2.17. The Morgan fingerprint density at radius 2 is 1.80 bits per heavy atom. The molecule has 0 saturated carbocycles. The van der Waals surface area contributed by atoms with Gasteiger partial charge in [0, 0.05) is 13.6 Å². The zero-order valence-corrected chi connectivity index (χ0v) is 15.0. The second-order valence-corrected chi connectivity index (χ2v) is 5.96. The van der Waals surface area contributed by atoms with Gasteiger partial charge in [-0.2, -0.15) is 0 Å². The molecule has 0 heterocycles. The van der Waals surface area contributed by atoms with Crippen LogP contribution in [0.25, 0.3) is 0 Å². The molecule has 0 spiro atoms. The van der Waals surface area contributed by atoms with Gasteiger partial charge < -0.3 is 14.4 Å². The van der Waals surface area contributed by atoms with Gasteiger partial charge in [0.05, 0.1) is 7.11 Å². The van der Waals surface area contributed by atoms with Crippen molar-refractivity contribution in [2.75, 3.05) is 20.8 Å². The van der Waals surface area contributed by atoms with Gasteiger partial charge in [-0.15, -0.1) is 0 Å². The average Bonchev–Trinajstić information content (AvgIpc) is 2.61. The molecule has 5 heteroatoms. The number of methoxy groups -OCH3 is 1. The summed E-state index contributed by atoms with van der Waals surface area (Å²) in [5.41, 5.74) is 3.68. The fourth-order valence-electron chi connectivity index (χ4n) is 2.50. The van der Waals surface area contributed by atoms with Gasteiger partial charge in [0.1, 0.15) is 11.3 Å². The van der Waals surface area contributed by atoms with E-state index in [1.807, 2.05) is 26.0 Å². The van der Waals surface area contributed by atoms with Crippen molar-refractivity contribution in [3.63, 3.8) is 0 Å². The lowest BCUT2D eigenvalue weighted by atomic mass is 10.1. The molecular weight excluding hydrogens is 318 g/mol. The minimum atomic E-state index is -0.578. The molecule has 0 atom stereocenters. The summed E-state index contributed by atoms with van der Waals surface area (Å²) in [7, 11) is 3.17. The lowest BCUT2D eigenvalue weighted by Crippen LogP contribution is -2.31. The van der Waals surface area contributed by atoms with Crippen molar-refractivity contribution in [3.8, 4) is 5.75 Å². The highest BCUT2D eigenvalue weighted by Crippen LogP contribution is 2.18. The number of aryl methyl sites for hydroxylation is 2. The first kappa shape index (κ1) is 18.5. The highest BCUT2D eigenvalue weighted by atomic mass is 16.5. The minimum absolute atomic E-state index is 0.261. The Kier molecular flexibility index (Phi) is 6.17. The number of carbonyl (C=O) groups excluding carboxylic acids is 2. The van der Waals surface area contributed by atoms with E-state index in [2.05, 4.69) is 6.07 Å². The van der Waals surface area contributed by atoms with E-state index in [0.29, 0.717) is 17.9 Å². The molecule has 0 saturated heterocycles. The van der Waals surface area contributed by atoms with Crippen molar-refractivity contribution >= 4 is 11.9 Å². The summed E-state index contributed by atoms with van der Waals surface area (Å²) in [6.45, 7) is 4.21. The van der Waals surface area contributed by atoms with Crippen LogP contribution in [0.2, 0.25) is 0 Å². The number of amides is 1. The molecule has 25 heavy (non-hydrogen) atoms. The van der Waals surface area contributed by atoms with Crippen LogP contribution in [0.3, 0.4) is 0 Å². The fourth-order valence-corrected chi connectivity index (χ4v) is 2.50. The maximum absolute atomic E-state index is 12.2. The lowest BCUT2D eigenvalue weighted by Gasteiger charge is -2.19. The average molecular weight is 341 g/mol. The van der Waals surface area contributed by atoms with Gasteiger partial charge >= 0.3 is 5.97 Å². The van der Waals surface area contributed by atoms with Gasteiger partial charge in [-0.25, -0.2) is 4.79 Å². The number of ether oxygens (including phenoxy) is 2. The van der Waals surface area contributed by atoms with Crippen LogP contribution in [0.15, 0.2) is 42.5 Å². The first-order valence-corrected chi connectivity index (χ1v) is 8.02. The second-order valence-electron chi connectivity index (χ2n) is 5.96. The number of hydrogen-bond acceptors (Lipinski definition) is 4. The molecule has 0 unspecified atom stereocenters. The number of carbonyl (C=O) groups is 2. The number of benzene rings is 2. The van der Waals surface area contributed by atoms with Gasteiger partial charge in [0.2, 0.25) is 0 Å². The van der Waals surface area contributed by atoms with E-state index in [1.165, 1.54) is 12.7 Å². The SMILES string of the molecule is COc1ccccc1C(=O)OCC(=O)N(C)Cc1ccc(C)cc1C. The highest BCUT2D eigenvalue weighted by molar-refractivity contribution is 5.93. The largest absolute Gasteiger partial charge is 0.496 e. The van der Waals surface area contributed by atoms with E-state index in [1.54, 1.807) is 36.2 Å². The van der Waals surface area contributed by atoms with Crippen LogP contribution in [0.5, 0.6) is 5.75 Å². The molecule has 2 aromatic carbocycles. The summed E-state index contributed by atoms with van der Waals surface area (Å²) in [5.74, 6) is -0.419. The van der Waals surface area contributed by atoms with Gasteiger partial charge in [-0.05, 0) is 37.1 Å². The number of para-hydroxylation sites is 1. The van der Waals surface area contributed by atoms with E-state index < -0.39 is 5.97 Å². The summed E-state index contributed by atoms with van der Waals surface area (Å²) in [6.07, 6.45) is 0. The van der Waals surface area contributed by atoms with Gasteiger partial charge in [0.15, 0.2) is 6.61 Å². The quantitative estimate of drug-likeness (QED) is 0.758. The molecular formula is C20H23NO4. The Bertz CT molecular complexity index is 770. The molecule has 132 valence electrons. The van der Waals surface area contributed by atoms with Crippen molar-refractivity contribution in [2.24, 2.45) is 0 Å². The van der Waals surface area contributed by atoms with E-state index in [9.17, 15) is 9.59 Å². The number of rotatable bonds is 6. The van der Waals surface area contributed by atoms with Crippen molar-refractivity contribution < 1.29 is 19.1 Å². The van der Waals surface area contributed by atoms with Crippen molar-refractivity contribution in [2.45, 2.75) is 20.4 Å². The Morgan fingerprint density at radius 1 is 1.08 bits per heavy atom. The van der Waals surface area contributed by atoms with Crippen LogP contribution in [0.4, 0.5) is 0 Å². The molecule has 0 N–H and O–H groups in total. The number of likely N-dealkylation sites (N-methyl/N-ethyl adjacent to an activating group) is 1. The van der Waals surface area contributed by atoms with Crippen molar-refractivity contribution in [3.05, 3.63) is 64.7 Å². The fraction of sp³-hybridized carbons (Fsp3) is 0.300. The number of nitrogens with zero attached hydrogens (tertiary/aromatic N) is 1. The molecule has 1 amide bonds. The van der Waals surface area contributed by atoms with E-state index in [-0.39, 0.29) is 12.5 Å². The summed E-state index contributed by atoms with van der Waals surface area (Å²) in [4.78, 5) is 25.9. The Morgan fingerprint density at radius 3 is 2.48 bits per heavy atom. The summed E-state index contributed by atoms with van der Waals surface area (Å²) in [5, 5.41) is 0. The lowest BCUT2D eigenvalue weighted by molar-refractivity contribution is -0.133. The van der Waals surface area contributed by atoms with Crippen LogP contribution >= 0.6 is 0 Å². The molecule has 0 aromatic heterocycles. The Labute approximate surface area is 148 Å². The normalized spacial score (nSPS) is 10.2. The van der Waals surface area contributed by atoms with Crippen LogP contribution in [-0.2, 0) is 16.1 Å². The van der Waals surface area contributed by atoms with Gasteiger partial charge in [-0.3, -0.25) is 4.79 Å². The standard InChI is InChI=1S/C20H23NO4/c1-14-9-10-16(15(2)11-14)12-21(3)19(22)13-25-20(23)17-7-5-6-8-18(17)24-4/h5-11H,12-13H2,1-4H3. The summed E-state index contributed by atoms with van der Waals surface area (Å²) in [6, 6.07) is 12.9. The molecule has 0 fully saturated rings. The van der Waals surface area contributed by atoms with E-state index >= 15 is 0 Å². The number of hydrogen-bond donors (Lipinski definition) is 0. The molecule has 0 aliphatic carbocycles. The first-order valence-electron chi connectivity index (χ1n) is 8.02. The van der Waals surface area contributed by atoms with E-state index in [4.69, 9.17) is 9.47 Å². The molecule has 0 aliphatic rings. The molecule has 0 bridgehead atoms. The Balaban J connectivity index is 1.94.